The molecule has 0 fully saturated rings. The van der Waals surface area contributed by atoms with E-state index in [1.807, 2.05) is 55.4 Å². The Balaban J connectivity index is 2.01. The second-order valence-electron chi connectivity index (χ2n) is 5.23. The normalized spacial score (nSPS) is 11.3. The molecule has 2 nitrogen and oxygen atoms in total. The van der Waals surface area contributed by atoms with E-state index in [4.69, 9.17) is 23.2 Å². The summed E-state index contributed by atoms with van der Waals surface area (Å²) in [6, 6.07) is 12.9. The molecule has 0 heterocycles. The number of allylic oxidation sites excluding steroid dienone is 3. The average molecular weight is 346 g/mol. The summed E-state index contributed by atoms with van der Waals surface area (Å²) < 4.78 is 0. The summed E-state index contributed by atoms with van der Waals surface area (Å²) in [5.41, 5.74) is 2.69. The van der Waals surface area contributed by atoms with Gasteiger partial charge in [0.2, 0.25) is 0 Å². The summed E-state index contributed by atoms with van der Waals surface area (Å²) in [7, 11) is 4.00. The fourth-order valence-electron chi connectivity index (χ4n) is 1.99. The molecule has 0 aromatic heterocycles. The number of carbonyl (C=O) groups excluding carboxylic acids is 1. The molecule has 4 heteroatoms. The molecule has 118 valence electrons. The van der Waals surface area contributed by atoms with Crippen LogP contribution in [0.4, 0.5) is 5.69 Å². The average Bonchev–Trinajstić information content (AvgIpc) is 2.50. The number of anilines is 1. The van der Waals surface area contributed by atoms with Crippen LogP contribution in [0, 0.1) is 0 Å². The Bertz CT molecular complexity index is 726. The van der Waals surface area contributed by atoms with Crippen LogP contribution < -0.4 is 4.90 Å². The van der Waals surface area contributed by atoms with E-state index in [1.54, 1.807) is 24.3 Å². The Labute approximate surface area is 146 Å². The zero-order valence-electron chi connectivity index (χ0n) is 13.0. The van der Waals surface area contributed by atoms with Crippen LogP contribution in [0.25, 0.3) is 6.08 Å². The van der Waals surface area contributed by atoms with Gasteiger partial charge in [-0.05, 0) is 42.0 Å². The highest BCUT2D eigenvalue weighted by molar-refractivity contribution is 6.35. The molecule has 0 aliphatic heterocycles. The minimum atomic E-state index is -0.137. The molecule has 2 aromatic carbocycles. The number of hydrogen-bond donors (Lipinski definition) is 0. The van der Waals surface area contributed by atoms with Crippen LogP contribution in [0.3, 0.4) is 0 Å². The molecule has 0 aliphatic carbocycles. The molecule has 0 saturated carbocycles. The fraction of sp³-hybridized carbons (Fsp3) is 0.105. The van der Waals surface area contributed by atoms with Crippen LogP contribution in [0.15, 0.2) is 60.7 Å². The maximum atomic E-state index is 12.0. The van der Waals surface area contributed by atoms with Crippen LogP contribution in [-0.4, -0.2) is 19.9 Å². The molecule has 2 aromatic rings. The van der Waals surface area contributed by atoms with E-state index in [-0.39, 0.29) is 5.78 Å². The van der Waals surface area contributed by atoms with Gasteiger partial charge in [-0.2, -0.15) is 0 Å². The first kappa shape index (κ1) is 17.3. The van der Waals surface area contributed by atoms with Gasteiger partial charge in [0.25, 0.3) is 0 Å². The lowest BCUT2D eigenvalue weighted by atomic mass is 10.1. The van der Waals surface area contributed by atoms with E-state index in [1.165, 1.54) is 6.08 Å². The first-order valence-electron chi connectivity index (χ1n) is 7.08. The zero-order valence-corrected chi connectivity index (χ0v) is 14.5. The molecule has 0 saturated heterocycles. The van der Waals surface area contributed by atoms with Gasteiger partial charge >= 0.3 is 0 Å². The molecule has 0 radical (unpaired) electrons. The molecule has 0 spiro atoms. The molecule has 2 rings (SSSR count). The van der Waals surface area contributed by atoms with Crippen molar-refractivity contribution in [3.63, 3.8) is 0 Å². The van der Waals surface area contributed by atoms with Crippen LogP contribution in [0.1, 0.15) is 15.9 Å². The third-order valence-corrected chi connectivity index (χ3v) is 3.64. The first-order chi connectivity index (χ1) is 11.0. The molecule has 0 N–H and O–H groups in total. The predicted octanol–water partition coefficient (Wildman–Crippen LogP) is 5.51. The van der Waals surface area contributed by atoms with E-state index < -0.39 is 0 Å². The molecule has 0 bridgehead atoms. The van der Waals surface area contributed by atoms with Crippen molar-refractivity contribution in [2.75, 3.05) is 19.0 Å². The highest BCUT2D eigenvalue weighted by atomic mass is 35.5. The van der Waals surface area contributed by atoms with E-state index in [2.05, 4.69) is 0 Å². The zero-order chi connectivity index (χ0) is 16.8. The predicted molar refractivity (Wildman–Crippen MR) is 99.7 cm³/mol. The minimum absolute atomic E-state index is 0.137. The van der Waals surface area contributed by atoms with Gasteiger partial charge in [-0.1, -0.05) is 53.6 Å². The lowest BCUT2D eigenvalue weighted by Crippen LogP contribution is -2.07. The van der Waals surface area contributed by atoms with Crippen molar-refractivity contribution in [3.8, 4) is 0 Å². The van der Waals surface area contributed by atoms with Gasteiger partial charge in [-0.25, -0.2) is 0 Å². The van der Waals surface area contributed by atoms with E-state index in [0.29, 0.717) is 15.6 Å². The Morgan fingerprint density at radius 3 is 2.13 bits per heavy atom. The quantitative estimate of drug-likeness (QED) is 0.404. The van der Waals surface area contributed by atoms with Gasteiger partial charge < -0.3 is 4.90 Å². The number of halogens is 2. The first-order valence-corrected chi connectivity index (χ1v) is 7.84. The molecular formula is C19H17Cl2NO. The molecular weight excluding hydrogens is 329 g/mol. The lowest BCUT2D eigenvalue weighted by molar-refractivity contribution is 0.104. The van der Waals surface area contributed by atoms with Crippen molar-refractivity contribution < 1.29 is 4.79 Å². The summed E-state index contributed by atoms with van der Waals surface area (Å²) in [6.45, 7) is 0. The van der Waals surface area contributed by atoms with Gasteiger partial charge in [0.1, 0.15) is 0 Å². The van der Waals surface area contributed by atoms with Gasteiger partial charge in [0, 0.05) is 35.4 Å². The third-order valence-electron chi connectivity index (χ3n) is 3.20. The summed E-state index contributed by atoms with van der Waals surface area (Å²) in [5, 5.41) is 0.900. The largest absolute Gasteiger partial charge is 0.378 e. The Hall–Kier alpha value is -2.03. The van der Waals surface area contributed by atoms with E-state index in [9.17, 15) is 4.79 Å². The topological polar surface area (TPSA) is 20.3 Å². The van der Waals surface area contributed by atoms with Crippen molar-refractivity contribution in [1.29, 1.82) is 0 Å². The summed E-state index contributed by atoms with van der Waals surface area (Å²) in [5.74, 6) is -0.137. The van der Waals surface area contributed by atoms with Crippen molar-refractivity contribution >= 4 is 40.7 Å². The van der Waals surface area contributed by atoms with Crippen molar-refractivity contribution in [3.05, 3.63) is 81.9 Å². The summed E-state index contributed by atoms with van der Waals surface area (Å²) >= 11 is 11.8. The molecule has 0 aliphatic rings. The highest BCUT2D eigenvalue weighted by Crippen LogP contribution is 2.19. The number of rotatable bonds is 5. The maximum Gasteiger partial charge on any atom is 0.185 e. The van der Waals surface area contributed by atoms with Crippen molar-refractivity contribution in [2.24, 2.45) is 0 Å². The van der Waals surface area contributed by atoms with Gasteiger partial charge in [-0.3, -0.25) is 4.79 Å². The summed E-state index contributed by atoms with van der Waals surface area (Å²) in [6.07, 6.45) is 6.96. The Morgan fingerprint density at radius 1 is 0.957 bits per heavy atom. The van der Waals surface area contributed by atoms with Crippen LogP contribution in [0.2, 0.25) is 10.0 Å². The second-order valence-corrected chi connectivity index (χ2v) is 6.10. The van der Waals surface area contributed by atoms with Crippen molar-refractivity contribution in [2.45, 2.75) is 0 Å². The molecule has 0 unspecified atom stereocenters. The van der Waals surface area contributed by atoms with Gasteiger partial charge in [0.05, 0.1) is 0 Å². The second kappa shape index (κ2) is 8.00. The number of ketones is 1. The smallest absolute Gasteiger partial charge is 0.185 e. The molecule has 23 heavy (non-hydrogen) atoms. The van der Waals surface area contributed by atoms with Gasteiger partial charge in [-0.15, -0.1) is 0 Å². The Kier molecular flexibility index (Phi) is 6.03. The number of hydrogen-bond acceptors (Lipinski definition) is 2. The highest BCUT2D eigenvalue weighted by Gasteiger charge is 2.04. The van der Waals surface area contributed by atoms with Crippen LogP contribution >= 0.6 is 23.2 Å². The molecule has 0 amide bonds. The van der Waals surface area contributed by atoms with E-state index in [0.717, 1.165) is 11.3 Å². The minimum Gasteiger partial charge on any atom is -0.378 e. The van der Waals surface area contributed by atoms with Crippen LogP contribution in [-0.2, 0) is 0 Å². The van der Waals surface area contributed by atoms with E-state index >= 15 is 0 Å². The molecule has 0 atom stereocenters. The number of benzene rings is 2. The maximum absolute atomic E-state index is 12.0. The lowest BCUT2D eigenvalue weighted by Gasteiger charge is -2.11. The number of carbonyl (C=O) groups is 1. The standard InChI is InChI=1S/C19H17Cl2NO/c1-22(2)18-9-7-14(8-10-18)5-3-4-6-19(23)15-11-16(20)13-17(21)12-15/h3-13H,1-2H3/b5-3+,6-4+. The SMILES string of the molecule is CN(C)c1ccc(/C=C/C=C/C(=O)c2cc(Cl)cc(Cl)c2)cc1. The number of nitrogens with zero attached hydrogens (tertiary/aromatic N) is 1. The summed E-state index contributed by atoms with van der Waals surface area (Å²) in [4.78, 5) is 14.1. The van der Waals surface area contributed by atoms with Crippen LogP contribution in [0.5, 0.6) is 0 Å². The monoisotopic (exact) mass is 345 g/mol. The fourth-order valence-corrected chi connectivity index (χ4v) is 2.51. The van der Waals surface area contributed by atoms with Crippen molar-refractivity contribution in [1.82, 2.24) is 0 Å². The van der Waals surface area contributed by atoms with Gasteiger partial charge in [0.15, 0.2) is 5.78 Å². The third kappa shape index (κ3) is 5.27. The Morgan fingerprint density at radius 2 is 1.57 bits per heavy atom.